The Morgan fingerprint density at radius 3 is 2.84 bits per heavy atom. The highest BCUT2D eigenvalue weighted by molar-refractivity contribution is 9.10. The molecular formula is C13H13BrN4O. The molecule has 0 unspecified atom stereocenters. The molecule has 0 saturated carbocycles. The van der Waals surface area contributed by atoms with Crippen LogP contribution in [0.1, 0.15) is 15.9 Å². The molecule has 1 amide bonds. The summed E-state index contributed by atoms with van der Waals surface area (Å²) >= 11 is 3.37. The van der Waals surface area contributed by atoms with Crippen LogP contribution in [0.25, 0.3) is 0 Å². The van der Waals surface area contributed by atoms with Crippen molar-refractivity contribution in [3.8, 4) is 0 Å². The number of hydrogen-bond acceptors (Lipinski definition) is 4. The molecule has 0 aliphatic heterocycles. The highest BCUT2D eigenvalue weighted by Crippen LogP contribution is 2.19. The summed E-state index contributed by atoms with van der Waals surface area (Å²) in [6.45, 7) is 1.94. The van der Waals surface area contributed by atoms with Gasteiger partial charge >= 0.3 is 0 Å². The van der Waals surface area contributed by atoms with E-state index in [2.05, 4.69) is 36.5 Å². The van der Waals surface area contributed by atoms with E-state index in [1.165, 1.54) is 0 Å². The third kappa shape index (κ3) is 3.08. The molecule has 2 heterocycles. The zero-order valence-corrected chi connectivity index (χ0v) is 12.2. The summed E-state index contributed by atoms with van der Waals surface area (Å²) in [5, 5.41) is 5.69. The fourth-order valence-electron chi connectivity index (χ4n) is 1.58. The average molecular weight is 321 g/mol. The van der Waals surface area contributed by atoms with Crippen molar-refractivity contribution in [1.82, 2.24) is 9.97 Å². The molecule has 0 atom stereocenters. The molecule has 0 bridgehead atoms. The number of carbonyl (C=O) groups is 1. The van der Waals surface area contributed by atoms with E-state index in [1.54, 1.807) is 31.7 Å². The van der Waals surface area contributed by atoms with E-state index < -0.39 is 0 Å². The summed E-state index contributed by atoms with van der Waals surface area (Å²) in [6, 6.07) is 3.47. The minimum Gasteiger partial charge on any atom is -0.386 e. The predicted molar refractivity (Wildman–Crippen MR) is 78.4 cm³/mol. The van der Waals surface area contributed by atoms with Crippen molar-refractivity contribution in [2.45, 2.75) is 6.92 Å². The number of hydrogen-bond donors (Lipinski definition) is 2. The number of halogens is 1. The second-order valence-corrected chi connectivity index (χ2v) is 4.80. The Morgan fingerprint density at radius 1 is 1.37 bits per heavy atom. The third-order valence-electron chi connectivity index (χ3n) is 2.62. The molecule has 0 spiro atoms. The molecule has 0 fully saturated rings. The highest BCUT2D eigenvalue weighted by atomic mass is 79.9. The lowest BCUT2D eigenvalue weighted by Crippen LogP contribution is -2.15. The third-order valence-corrected chi connectivity index (χ3v) is 3.45. The van der Waals surface area contributed by atoms with E-state index in [9.17, 15) is 4.79 Å². The van der Waals surface area contributed by atoms with Crippen molar-refractivity contribution in [3.05, 3.63) is 46.3 Å². The number of amides is 1. The number of aromatic nitrogens is 2. The number of nitrogens with zero attached hydrogens (tertiary/aromatic N) is 2. The van der Waals surface area contributed by atoms with Crippen molar-refractivity contribution in [2.24, 2.45) is 0 Å². The van der Waals surface area contributed by atoms with Gasteiger partial charge in [-0.25, -0.2) is 4.98 Å². The summed E-state index contributed by atoms with van der Waals surface area (Å²) in [6.07, 6.45) is 4.85. The SMILES string of the molecule is CNc1cnccc1C(=O)Nc1cc(C)c(Br)cn1. The van der Waals surface area contributed by atoms with Crippen LogP contribution in [0.5, 0.6) is 0 Å². The van der Waals surface area contributed by atoms with Gasteiger partial charge in [0.15, 0.2) is 0 Å². The summed E-state index contributed by atoms with van der Waals surface area (Å²) in [4.78, 5) is 20.3. The van der Waals surface area contributed by atoms with Crippen molar-refractivity contribution in [1.29, 1.82) is 0 Å². The quantitative estimate of drug-likeness (QED) is 0.912. The molecule has 19 heavy (non-hydrogen) atoms. The fraction of sp³-hybridized carbons (Fsp3) is 0.154. The monoisotopic (exact) mass is 320 g/mol. The van der Waals surface area contributed by atoms with Gasteiger partial charge in [0.25, 0.3) is 5.91 Å². The van der Waals surface area contributed by atoms with Gasteiger partial charge in [-0.1, -0.05) is 0 Å². The number of aryl methyl sites for hydroxylation is 1. The molecule has 0 aliphatic rings. The molecular weight excluding hydrogens is 308 g/mol. The van der Waals surface area contributed by atoms with Crippen molar-refractivity contribution in [2.75, 3.05) is 17.7 Å². The Labute approximate surface area is 119 Å². The van der Waals surface area contributed by atoms with E-state index in [-0.39, 0.29) is 5.91 Å². The smallest absolute Gasteiger partial charge is 0.259 e. The van der Waals surface area contributed by atoms with E-state index in [0.717, 1.165) is 10.0 Å². The molecule has 5 nitrogen and oxygen atoms in total. The van der Waals surface area contributed by atoms with E-state index in [4.69, 9.17) is 0 Å². The van der Waals surface area contributed by atoms with Gasteiger partial charge < -0.3 is 10.6 Å². The average Bonchev–Trinajstić information content (AvgIpc) is 2.43. The summed E-state index contributed by atoms with van der Waals surface area (Å²) in [5.74, 6) is 0.297. The van der Waals surface area contributed by atoms with Gasteiger partial charge in [0, 0.05) is 23.9 Å². The van der Waals surface area contributed by atoms with Crippen molar-refractivity contribution >= 4 is 33.3 Å². The second kappa shape index (κ2) is 5.79. The topological polar surface area (TPSA) is 66.9 Å². The van der Waals surface area contributed by atoms with Crippen LogP contribution in [0.4, 0.5) is 11.5 Å². The summed E-state index contributed by atoms with van der Waals surface area (Å²) in [7, 11) is 1.75. The maximum Gasteiger partial charge on any atom is 0.259 e. The van der Waals surface area contributed by atoms with E-state index >= 15 is 0 Å². The molecule has 98 valence electrons. The number of pyridine rings is 2. The number of rotatable bonds is 3. The van der Waals surface area contributed by atoms with Gasteiger partial charge in [-0.3, -0.25) is 9.78 Å². The lowest BCUT2D eigenvalue weighted by atomic mass is 10.2. The molecule has 2 N–H and O–H groups in total. The Kier molecular flexibility index (Phi) is 4.11. The first-order chi connectivity index (χ1) is 9.11. The van der Waals surface area contributed by atoms with Crippen LogP contribution < -0.4 is 10.6 Å². The molecule has 6 heteroatoms. The highest BCUT2D eigenvalue weighted by Gasteiger charge is 2.11. The molecule has 2 aromatic rings. The minimum absolute atomic E-state index is 0.221. The van der Waals surface area contributed by atoms with Crippen LogP contribution in [0.3, 0.4) is 0 Å². The first-order valence-electron chi connectivity index (χ1n) is 5.67. The summed E-state index contributed by atoms with van der Waals surface area (Å²) in [5.41, 5.74) is 2.21. The Hall–Kier alpha value is -1.95. The zero-order valence-electron chi connectivity index (χ0n) is 10.6. The summed E-state index contributed by atoms with van der Waals surface area (Å²) < 4.78 is 0.908. The Morgan fingerprint density at radius 2 is 2.16 bits per heavy atom. The van der Waals surface area contributed by atoms with Crippen LogP contribution in [-0.4, -0.2) is 22.9 Å². The first-order valence-corrected chi connectivity index (χ1v) is 6.46. The van der Waals surface area contributed by atoms with Crippen LogP contribution in [-0.2, 0) is 0 Å². The number of carbonyl (C=O) groups excluding carboxylic acids is 1. The minimum atomic E-state index is -0.221. The maximum atomic E-state index is 12.2. The normalized spacial score (nSPS) is 10.1. The van der Waals surface area contributed by atoms with Gasteiger partial charge in [-0.05, 0) is 40.5 Å². The first kappa shape index (κ1) is 13.5. The lowest BCUT2D eigenvalue weighted by molar-refractivity contribution is 0.102. The molecule has 0 saturated heterocycles. The van der Waals surface area contributed by atoms with Crippen LogP contribution in [0.15, 0.2) is 35.2 Å². The van der Waals surface area contributed by atoms with Gasteiger partial charge in [-0.2, -0.15) is 0 Å². The zero-order chi connectivity index (χ0) is 13.8. The van der Waals surface area contributed by atoms with E-state index in [1.807, 2.05) is 13.0 Å². The second-order valence-electron chi connectivity index (χ2n) is 3.94. The molecule has 0 aromatic carbocycles. The van der Waals surface area contributed by atoms with Gasteiger partial charge in [0.1, 0.15) is 5.82 Å². The maximum absolute atomic E-state index is 12.2. The molecule has 2 aromatic heterocycles. The predicted octanol–water partition coefficient (Wildman–Crippen LogP) is 2.84. The van der Waals surface area contributed by atoms with Gasteiger partial charge in [0.2, 0.25) is 0 Å². The van der Waals surface area contributed by atoms with Crippen LogP contribution in [0, 0.1) is 6.92 Å². The van der Waals surface area contributed by atoms with Crippen LogP contribution in [0.2, 0.25) is 0 Å². The van der Waals surface area contributed by atoms with Crippen molar-refractivity contribution < 1.29 is 4.79 Å². The van der Waals surface area contributed by atoms with Gasteiger partial charge in [0.05, 0.1) is 17.4 Å². The number of nitrogens with one attached hydrogen (secondary N) is 2. The van der Waals surface area contributed by atoms with Crippen molar-refractivity contribution in [3.63, 3.8) is 0 Å². The Bertz CT molecular complexity index is 615. The molecule has 2 rings (SSSR count). The number of anilines is 2. The van der Waals surface area contributed by atoms with Crippen LogP contribution >= 0.6 is 15.9 Å². The molecule has 0 radical (unpaired) electrons. The molecule has 0 aliphatic carbocycles. The van der Waals surface area contributed by atoms with Gasteiger partial charge in [-0.15, -0.1) is 0 Å². The lowest BCUT2D eigenvalue weighted by Gasteiger charge is -2.09. The fourth-order valence-corrected chi connectivity index (χ4v) is 1.80. The van der Waals surface area contributed by atoms with E-state index in [0.29, 0.717) is 17.1 Å². The Balaban J connectivity index is 2.23. The largest absolute Gasteiger partial charge is 0.386 e. The standard InChI is InChI=1S/C13H13BrN4O/c1-8-5-12(17-6-10(8)14)18-13(19)9-3-4-16-7-11(9)15-2/h3-7,15H,1-2H3,(H,17,18,19).